The lowest BCUT2D eigenvalue weighted by Crippen LogP contribution is -2.36. The number of nitriles is 1. The van der Waals surface area contributed by atoms with Crippen LogP contribution < -0.4 is 15.6 Å². The molecule has 0 spiro atoms. The molecule has 0 aliphatic carbocycles. The minimum absolute atomic E-state index is 0.0304. The van der Waals surface area contributed by atoms with Crippen molar-refractivity contribution >= 4 is 39.1 Å². The Bertz CT molecular complexity index is 1590. The number of aromatic nitrogens is 2. The number of fused-ring (bicyclic) bond motifs is 1. The molecule has 4 rings (SSSR count). The third kappa shape index (κ3) is 5.21. The van der Waals surface area contributed by atoms with Gasteiger partial charge in [-0.3, -0.25) is 14.0 Å². The van der Waals surface area contributed by atoms with Gasteiger partial charge in [-0.1, -0.05) is 17.7 Å². The number of sulfone groups is 1. The van der Waals surface area contributed by atoms with E-state index < -0.39 is 27.3 Å². The molecular formula is C24H21ClN4O5S. The molecular weight excluding hydrogens is 492 g/mol. The van der Waals surface area contributed by atoms with E-state index in [1.54, 1.807) is 50.2 Å². The van der Waals surface area contributed by atoms with E-state index in [0.29, 0.717) is 16.4 Å². The van der Waals surface area contributed by atoms with Crippen molar-refractivity contribution in [2.24, 2.45) is 0 Å². The molecule has 1 saturated heterocycles. The number of carbonyl (C=O) groups excluding carboxylic acids is 1. The van der Waals surface area contributed by atoms with Crippen LogP contribution in [-0.2, 0) is 14.6 Å². The maximum Gasteiger partial charge on any atom is 0.269 e. The van der Waals surface area contributed by atoms with Crippen LogP contribution in [0.25, 0.3) is 11.7 Å². The van der Waals surface area contributed by atoms with E-state index in [0.717, 1.165) is 17.2 Å². The largest absolute Gasteiger partial charge is 0.438 e. The smallest absolute Gasteiger partial charge is 0.269 e. The lowest BCUT2D eigenvalue weighted by Gasteiger charge is -2.13. The molecule has 1 amide bonds. The van der Waals surface area contributed by atoms with Crippen LogP contribution in [-0.4, -0.2) is 41.3 Å². The van der Waals surface area contributed by atoms with Crippen molar-refractivity contribution in [2.75, 3.05) is 11.5 Å². The summed E-state index contributed by atoms with van der Waals surface area (Å²) in [5, 5.41) is 12.7. The fourth-order valence-corrected chi connectivity index (χ4v) is 5.54. The number of hydrogen-bond donors (Lipinski definition) is 1. The van der Waals surface area contributed by atoms with Crippen molar-refractivity contribution in [3.63, 3.8) is 0 Å². The summed E-state index contributed by atoms with van der Waals surface area (Å²) >= 11 is 6.10. The summed E-state index contributed by atoms with van der Waals surface area (Å²) in [6.07, 6.45) is 2.90. The Morgan fingerprint density at radius 1 is 1.31 bits per heavy atom. The number of nitrogens with zero attached hydrogens (tertiary/aromatic N) is 3. The number of halogens is 1. The van der Waals surface area contributed by atoms with Crippen molar-refractivity contribution in [1.82, 2.24) is 14.7 Å². The Labute approximate surface area is 206 Å². The number of ether oxygens (including phenoxy) is 1. The van der Waals surface area contributed by atoms with Gasteiger partial charge < -0.3 is 10.1 Å². The fourth-order valence-electron chi connectivity index (χ4n) is 3.75. The van der Waals surface area contributed by atoms with Crippen LogP contribution in [0.5, 0.6) is 11.6 Å². The van der Waals surface area contributed by atoms with E-state index in [4.69, 9.17) is 16.3 Å². The average molecular weight is 513 g/mol. The van der Waals surface area contributed by atoms with Crippen LogP contribution in [0.4, 0.5) is 0 Å². The topological polar surface area (TPSA) is 131 Å². The first-order valence-corrected chi connectivity index (χ1v) is 12.9. The molecule has 1 N–H and O–H groups in total. The predicted octanol–water partition coefficient (Wildman–Crippen LogP) is 2.97. The Hall–Kier alpha value is -3.68. The third-order valence-electron chi connectivity index (χ3n) is 5.61. The van der Waals surface area contributed by atoms with Gasteiger partial charge in [0.05, 0.1) is 11.5 Å². The highest BCUT2D eigenvalue weighted by Gasteiger charge is 2.30. The monoisotopic (exact) mass is 512 g/mol. The van der Waals surface area contributed by atoms with Crippen LogP contribution in [0.2, 0.25) is 5.02 Å². The molecule has 1 fully saturated rings. The molecule has 2 aromatic heterocycles. The molecule has 180 valence electrons. The Kier molecular flexibility index (Phi) is 6.65. The van der Waals surface area contributed by atoms with E-state index in [2.05, 4.69) is 10.3 Å². The number of carbonyl (C=O) groups is 1. The summed E-state index contributed by atoms with van der Waals surface area (Å²) in [4.78, 5) is 30.6. The Morgan fingerprint density at radius 3 is 2.74 bits per heavy atom. The molecule has 9 nitrogen and oxygen atoms in total. The number of nitrogens with one attached hydrogen (secondary N) is 1. The van der Waals surface area contributed by atoms with Crippen molar-refractivity contribution in [2.45, 2.75) is 26.3 Å². The standard InChI is InChI=1S/C24H21ClN4O5S/c1-14-4-3-8-29-21(14)28-23(34-18-5-6-20(25)15(2)10-18)19(24(29)31)11-16(12-26)22(30)27-17-7-9-35(32,33)13-17/h3-6,8,10-11,17H,7,9,13H2,1-2H3,(H,27,30)/b16-11+/t17-/m1/s1. The van der Waals surface area contributed by atoms with Crippen molar-refractivity contribution in [1.29, 1.82) is 5.26 Å². The van der Waals surface area contributed by atoms with E-state index in [9.17, 15) is 23.3 Å². The maximum absolute atomic E-state index is 13.4. The predicted molar refractivity (Wildman–Crippen MR) is 131 cm³/mol. The number of amides is 1. The second-order valence-electron chi connectivity index (χ2n) is 8.28. The van der Waals surface area contributed by atoms with Crippen LogP contribution >= 0.6 is 11.6 Å². The lowest BCUT2D eigenvalue weighted by atomic mass is 10.1. The van der Waals surface area contributed by atoms with Gasteiger partial charge in [-0.05, 0) is 61.7 Å². The zero-order chi connectivity index (χ0) is 25.3. The summed E-state index contributed by atoms with van der Waals surface area (Å²) in [5.41, 5.74) is 0.804. The summed E-state index contributed by atoms with van der Waals surface area (Å²) in [6, 6.07) is 9.59. The third-order valence-corrected chi connectivity index (χ3v) is 7.81. The normalized spacial score (nSPS) is 17.2. The average Bonchev–Trinajstić information content (AvgIpc) is 3.14. The molecule has 1 aliphatic heterocycles. The van der Waals surface area contributed by atoms with Gasteiger partial charge >= 0.3 is 0 Å². The molecule has 35 heavy (non-hydrogen) atoms. The van der Waals surface area contributed by atoms with Crippen LogP contribution in [0.1, 0.15) is 23.1 Å². The number of hydrogen-bond acceptors (Lipinski definition) is 7. The Balaban J connectivity index is 1.80. The number of rotatable bonds is 5. The molecule has 0 saturated carbocycles. The van der Waals surface area contributed by atoms with Crippen molar-refractivity contribution < 1.29 is 17.9 Å². The molecule has 0 unspecified atom stereocenters. The highest BCUT2D eigenvalue weighted by Crippen LogP contribution is 2.28. The van der Waals surface area contributed by atoms with E-state index in [-0.39, 0.29) is 34.9 Å². The fraction of sp³-hybridized carbons (Fsp3) is 0.250. The molecule has 1 atom stereocenters. The van der Waals surface area contributed by atoms with Crippen molar-refractivity contribution in [3.8, 4) is 17.7 Å². The van der Waals surface area contributed by atoms with Crippen molar-refractivity contribution in [3.05, 3.63) is 74.2 Å². The van der Waals surface area contributed by atoms with Gasteiger partial charge in [0.15, 0.2) is 9.84 Å². The highest BCUT2D eigenvalue weighted by atomic mass is 35.5. The minimum Gasteiger partial charge on any atom is -0.438 e. The van der Waals surface area contributed by atoms with Gasteiger partial charge in [0, 0.05) is 17.3 Å². The molecule has 1 aliphatic rings. The second kappa shape index (κ2) is 9.52. The van der Waals surface area contributed by atoms with Crippen LogP contribution in [0.15, 0.2) is 46.9 Å². The summed E-state index contributed by atoms with van der Waals surface area (Å²) in [7, 11) is -3.23. The van der Waals surface area contributed by atoms with Gasteiger partial charge in [0.1, 0.15) is 28.6 Å². The zero-order valence-electron chi connectivity index (χ0n) is 18.9. The maximum atomic E-state index is 13.4. The SMILES string of the molecule is Cc1cc(Oc2nc3c(C)cccn3c(=O)c2/C=C(\C#N)C(=O)N[C@@H]2CCS(=O)(=O)C2)ccc1Cl. The first-order valence-electron chi connectivity index (χ1n) is 10.7. The zero-order valence-corrected chi connectivity index (χ0v) is 20.5. The summed E-state index contributed by atoms with van der Waals surface area (Å²) in [5.74, 6) is -0.726. The number of benzene rings is 1. The quantitative estimate of drug-likeness (QED) is 0.410. The Morgan fingerprint density at radius 2 is 2.09 bits per heavy atom. The summed E-state index contributed by atoms with van der Waals surface area (Å²) in [6.45, 7) is 3.58. The highest BCUT2D eigenvalue weighted by molar-refractivity contribution is 7.91. The van der Waals surface area contributed by atoms with Gasteiger partial charge in [0.25, 0.3) is 11.5 Å². The second-order valence-corrected chi connectivity index (χ2v) is 10.9. The van der Waals surface area contributed by atoms with Crippen LogP contribution in [0.3, 0.4) is 0 Å². The van der Waals surface area contributed by atoms with E-state index >= 15 is 0 Å². The molecule has 0 bridgehead atoms. The number of pyridine rings is 1. The van der Waals surface area contributed by atoms with Gasteiger partial charge in [-0.2, -0.15) is 10.2 Å². The molecule has 11 heteroatoms. The molecule has 3 heterocycles. The molecule has 1 aromatic carbocycles. The first-order chi connectivity index (χ1) is 16.6. The lowest BCUT2D eigenvalue weighted by molar-refractivity contribution is -0.117. The molecule has 3 aromatic rings. The van der Waals surface area contributed by atoms with Gasteiger partial charge in [0.2, 0.25) is 5.88 Å². The minimum atomic E-state index is -3.23. The number of aryl methyl sites for hydroxylation is 2. The first kappa shape index (κ1) is 24.4. The summed E-state index contributed by atoms with van der Waals surface area (Å²) < 4.78 is 30.6. The van der Waals surface area contributed by atoms with E-state index in [1.807, 2.05) is 0 Å². The van der Waals surface area contributed by atoms with Gasteiger partial charge in [-0.15, -0.1) is 0 Å². The molecule has 0 radical (unpaired) electrons. The van der Waals surface area contributed by atoms with Crippen LogP contribution in [0, 0.1) is 25.2 Å². The van der Waals surface area contributed by atoms with Gasteiger partial charge in [-0.25, -0.2) is 8.42 Å². The van der Waals surface area contributed by atoms with E-state index in [1.165, 1.54) is 10.6 Å².